The number of carbonyl (C=O) groups excluding carboxylic acids is 1. The van der Waals surface area contributed by atoms with Crippen LogP contribution in [0.1, 0.15) is 31.7 Å². The van der Waals surface area contributed by atoms with Crippen LogP contribution in [0.15, 0.2) is 12.1 Å². The molecule has 26 heteroatoms. The van der Waals surface area contributed by atoms with Crippen LogP contribution in [0.25, 0.3) is 0 Å². The smallest absolute Gasteiger partial charge is 0.387 e. The first-order valence-corrected chi connectivity index (χ1v) is 10.8. The van der Waals surface area contributed by atoms with E-state index >= 15 is 0 Å². The van der Waals surface area contributed by atoms with Gasteiger partial charge in [0.05, 0.1) is 15.9 Å². The van der Waals surface area contributed by atoms with Crippen LogP contribution in [0.3, 0.4) is 0 Å². The fraction of sp³-hybridized carbons (Fsp3) is 0.632. The number of alkyl halides is 17. The van der Waals surface area contributed by atoms with Crippen LogP contribution in [0.4, 0.5) is 90.8 Å². The molecule has 0 bridgehead atoms. The first-order chi connectivity index (χ1) is 19.7. The van der Waals surface area contributed by atoms with Crippen molar-refractivity contribution in [2.24, 2.45) is 0 Å². The third-order valence-corrected chi connectivity index (χ3v) is 5.72. The topological polar surface area (TPSA) is 122 Å². The normalized spacial score (nSPS) is 15.0. The Morgan fingerprint density at radius 1 is 0.711 bits per heavy atom. The van der Waals surface area contributed by atoms with Gasteiger partial charge in [-0.2, -0.15) is 74.6 Å². The van der Waals surface area contributed by atoms with Crippen LogP contribution in [-0.4, -0.2) is 63.8 Å². The van der Waals surface area contributed by atoms with Crippen LogP contribution in [0, 0.1) is 20.2 Å². The van der Waals surface area contributed by atoms with Crippen LogP contribution >= 0.6 is 0 Å². The maximum atomic E-state index is 14.0. The molecule has 45 heavy (non-hydrogen) atoms. The Kier molecular flexibility index (Phi) is 9.97. The number of nitrogens with zero attached hydrogens (tertiary/aromatic N) is 2. The number of nitro benzene ring substituents is 2. The van der Waals surface area contributed by atoms with E-state index in [4.69, 9.17) is 0 Å². The second-order valence-corrected chi connectivity index (χ2v) is 8.62. The van der Waals surface area contributed by atoms with E-state index in [-0.39, 0.29) is 12.5 Å². The highest BCUT2D eigenvalue weighted by Crippen LogP contribution is 2.64. The standard InChI is InChI=1S/C19H11F17N2O7/c1-3-6(2)8-4-7(37(40)41)5-9(38(42)43)10(8)44-11(39)45-19(35,36)17(30,31)15(26,27)13(22,23)12(20,21)14(24,25)16(28,29)18(32,33)34/h4-6H,3H2,1-2H3. The molecule has 0 aliphatic heterocycles. The summed E-state index contributed by atoms with van der Waals surface area (Å²) >= 11 is 0. The third-order valence-electron chi connectivity index (χ3n) is 5.72. The summed E-state index contributed by atoms with van der Waals surface area (Å²) in [6.45, 7) is 2.31. The van der Waals surface area contributed by atoms with Crippen LogP contribution in [-0.2, 0) is 4.74 Å². The van der Waals surface area contributed by atoms with Crippen LogP contribution < -0.4 is 4.74 Å². The van der Waals surface area contributed by atoms with E-state index in [1.165, 1.54) is 6.92 Å². The Morgan fingerprint density at radius 3 is 1.47 bits per heavy atom. The number of halogens is 17. The fourth-order valence-electron chi connectivity index (χ4n) is 2.98. The molecule has 1 unspecified atom stereocenters. The highest BCUT2D eigenvalue weighted by molar-refractivity contribution is 5.70. The molecule has 1 aromatic carbocycles. The summed E-state index contributed by atoms with van der Waals surface area (Å²) in [7, 11) is 0. The zero-order valence-corrected chi connectivity index (χ0v) is 21.1. The van der Waals surface area contributed by atoms with E-state index in [0.29, 0.717) is 6.07 Å². The van der Waals surface area contributed by atoms with Gasteiger partial charge in [-0.05, 0) is 12.3 Å². The molecule has 1 atom stereocenters. The Morgan fingerprint density at radius 2 is 1.11 bits per heavy atom. The second kappa shape index (κ2) is 11.5. The van der Waals surface area contributed by atoms with Crippen molar-refractivity contribution in [3.8, 4) is 5.75 Å². The van der Waals surface area contributed by atoms with Crippen molar-refractivity contribution in [3.05, 3.63) is 37.9 Å². The summed E-state index contributed by atoms with van der Waals surface area (Å²) < 4.78 is 233. The van der Waals surface area contributed by atoms with E-state index in [1.54, 1.807) is 0 Å². The van der Waals surface area contributed by atoms with Crippen molar-refractivity contribution in [2.75, 3.05) is 0 Å². The first-order valence-electron chi connectivity index (χ1n) is 10.8. The predicted octanol–water partition coefficient (Wildman–Crippen LogP) is 8.50. The molecule has 0 spiro atoms. The summed E-state index contributed by atoms with van der Waals surface area (Å²) in [5, 5.41) is 22.3. The molecule has 0 saturated heterocycles. The molecule has 0 saturated carbocycles. The van der Waals surface area contributed by atoms with Crippen molar-refractivity contribution in [3.63, 3.8) is 0 Å². The summed E-state index contributed by atoms with van der Waals surface area (Å²) in [4.78, 5) is 31.2. The summed E-state index contributed by atoms with van der Waals surface area (Å²) in [5.74, 6) is -55.0. The minimum Gasteiger partial charge on any atom is -0.387 e. The average molecular weight is 702 g/mol. The molecule has 0 aromatic heterocycles. The molecule has 0 aliphatic rings. The molecule has 0 aliphatic carbocycles. The van der Waals surface area contributed by atoms with Gasteiger partial charge in [0.25, 0.3) is 5.69 Å². The van der Waals surface area contributed by atoms with Crippen molar-refractivity contribution in [2.45, 2.75) is 74.0 Å². The lowest BCUT2D eigenvalue weighted by Crippen LogP contribution is -2.74. The number of nitro groups is 2. The molecule has 9 nitrogen and oxygen atoms in total. The number of rotatable bonds is 12. The number of ether oxygens (including phenoxy) is 2. The fourth-order valence-corrected chi connectivity index (χ4v) is 2.98. The summed E-state index contributed by atoms with van der Waals surface area (Å²) in [5.41, 5.74) is -3.68. The van der Waals surface area contributed by atoms with Gasteiger partial charge < -0.3 is 9.47 Å². The molecular formula is C19H11F17N2O7. The Labute approximate surface area is 235 Å². The molecule has 0 fully saturated rings. The lowest BCUT2D eigenvalue weighted by molar-refractivity contribution is -0.473. The number of non-ortho nitro benzene ring substituents is 1. The van der Waals surface area contributed by atoms with Gasteiger partial charge in [-0.3, -0.25) is 20.2 Å². The number of carbonyl (C=O) groups is 1. The van der Waals surface area contributed by atoms with Gasteiger partial charge in [-0.15, -0.1) is 0 Å². The Hall–Kier alpha value is -3.90. The second-order valence-electron chi connectivity index (χ2n) is 8.62. The molecule has 1 aromatic rings. The predicted molar refractivity (Wildman–Crippen MR) is 106 cm³/mol. The lowest BCUT2D eigenvalue weighted by atomic mass is 9.90. The van der Waals surface area contributed by atoms with Gasteiger partial charge in [0.1, 0.15) is 0 Å². The van der Waals surface area contributed by atoms with Gasteiger partial charge in [0.2, 0.25) is 5.75 Å². The van der Waals surface area contributed by atoms with Gasteiger partial charge >= 0.3 is 59.7 Å². The highest BCUT2D eigenvalue weighted by Gasteiger charge is 2.96. The maximum Gasteiger partial charge on any atom is 0.518 e. The van der Waals surface area contributed by atoms with Crippen molar-refractivity contribution in [1.29, 1.82) is 0 Å². The molecule has 0 N–H and O–H groups in total. The van der Waals surface area contributed by atoms with Crippen LogP contribution in [0.5, 0.6) is 5.75 Å². The lowest BCUT2D eigenvalue weighted by Gasteiger charge is -2.42. The Bertz CT molecular complexity index is 1330. The van der Waals surface area contributed by atoms with E-state index in [9.17, 15) is 99.7 Å². The van der Waals surface area contributed by atoms with Crippen LogP contribution in [0.2, 0.25) is 0 Å². The van der Waals surface area contributed by atoms with E-state index < -0.39 is 92.4 Å². The minimum absolute atomic E-state index is 0.0328. The van der Waals surface area contributed by atoms with E-state index in [0.717, 1.165) is 6.92 Å². The zero-order valence-electron chi connectivity index (χ0n) is 21.1. The number of hydrogen-bond acceptors (Lipinski definition) is 7. The molecule has 0 radical (unpaired) electrons. The SMILES string of the molecule is CCC(C)c1cc([N+](=O)[O-])cc([N+](=O)[O-])c1OC(=O)OC(F)(F)C(F)(F)C(F)(F)C(F)(F)C(F)(F)C(F)(F)C(F)(F)C(F)(F)F. The van der Waals surface area contributed by atoms with E-state index in [2.05, 4.69) is 9.47 Å². The van der Waals surface area contributed by atoms with Gasteiger partial charge in [0.15, 0.2) is 0 Å². The van der Waals surface area contributed by atoms with Crippen molar-refractivity contribution in [1.82, 2.24) is 0 Å². The molecule has 0 heterocycles. The van der Waals surface area contributed by atoms with Gasteiger partial charge in [-0.25, -0.2) is 4.79 Å². The third kappa shape index (κ3) is 6.05. The van der Waals surface area contributed by atoms with Gasteiger partial charge in [-0.1, -0.05) is 13.8 Å². The van der Waals surface area contributed by atoms with E-state index in [1.807, 2.05) is 0 Å². The molecule has 0 amide bonds. The quantitative estimate of drug-likeness (QED) is 0.0704. The molecule has 1 rings (SSSR count). The summed E-state index contributed by atoms with van der Waals surface area (Å²) in [6.07, 6.45) is -19.3. The summed E-state index contributed by atoms with van der Waals surface area (Å²) in [6, 6.07) is 0.346. The zero-order chi connectivity index (χ0) is 36.2. The molecular weight excluding hydrogens is 691 g/mol. The highest BCUT2D eigenvalue weighted by atomic mass is 19.4. The average Bonchev–Trinajstić information content (AvgIpc) is 2.86. The Balaban J connectivity index is 3.67. The minimum atomic E-state index is -8.95. The maximum absolute atomic E-state index is 14.0. The van der Waals surface area contributed by atoms with Gasteiger partial charge in [0, 0.05) is 11.6 Å². The first kappa shape index (κ1) is 39.1. The number of hydrogen-bond donors (Lipinski definition) is 0. The number of benzene rings is 1. The monoisotopic (exact) mass is 702 g/mol. The van der Waals surface area contributed by atoms with Crippen molar-refractivity contribution >= 4 is 17.5 Å². The largest absolute Gasteiger partial charge is 0.518 e. The molecule has 258 valence electrons. The van der Waals surface area contributed by atoms with Crippen molar-refractivity contribution < 1.29 is 98.8 Å².